The van der Waals surface area contributed by atoms with Gasteiger partial charge in [0.05, 0.1) is 5.56 Å². The van der Waals surface area contributed by atoms with E-state index in [9.17, 15) is 18.0 Å². The van der Waals surface area contributed by atoms with Crippen LogP contribution in [-0.2, 0) is 0 Å². The van der Waals surface area contributed by atoms with Crippen molar-refractivity contribution in [1.82, 2.24) is 5.32 Å². The smallest absolute Gasteiger partial charge is 0.254 e. The molecule has 1 unspecified atom stereocenters. The highest BCUT2D eigenvalue weighted by molar-refractivity contribution is 5.94. The Morgan fingerprint density at radius 3 is 2.63 bits per heavy atom. The molecule has 3 nitrogen and oxygen atoms in total. The highest BCUT2D eigenvalue weighted by Crippen LogP contribution is 2.15. The number of halogens is 3. The predicted molar refractivity (Wildman–Crippen MR) is 64.1 cm³/mol. The van der Waals surface area contributed by atoms with Crippen LogP contribution in [0.2, 0.25) is 0 Å². The van der Waals surface area contributed by atoms with Crippen LogP contribution in [0.25, 0.3) is 0 Å². The van der Waals surface area contributed by atoms with E-state index in [1.54, 1.807) is 0 Å². The summed E-state index contributed by atoms with van der Waals surface area (Å²) in [6.07, 6.45) is 1.32. The number of carbonyl (C=O) groups is 1. The Bertz CT molecular complexity index is 452. The zero-order valence-corrected chi connectivity index (χ0v) is 10.5. The lowest BCUT2D eigenvalue weighted by Crippen LogP contribution is -2.26. The highest BCUT2D eigenvalue weighted by atomic mass is 19.2. The van der Waals surface area contributed by atoms with Crippen molar-refractivity contribution in [3.05, 3.63) is 35.1 Å². The molecule has 0 aromatic heterocycles. The topological polar surface area (TPSA) is 49.3 Å². The first-order chi connectivity index (χ1) is 8.97. The van der Waals surface area contributed by atoms with E-state index < -0.39 is 28.9 Å². The maximum atomic E-state index is 13.3. The van der Waals surface area contributed by atoms with Gasteiger partial charge in [0.1, 0.15) is 0 Å². The molecule has 0 fully saturated rings. The van der Waals surface area contributed by atoms with Gasteiger partial charge in [-0.1, -0.05) is 6.92 Å². The van der Waals surface area contributed by atoms with Crippen molar-refractivity contribution in [2.75, 3.05) is 13.2 Å². The molecule has 0 saturated carbocycles. The van der Waals surface area contributed by atoms with Crippen LogP contribution in [0.5, 0.6) is 0 Å². The summed E-state index contributed by atoms with van der Waals surface area (Å²) in [6, 6.07) is 1.61. The standard InChI is InChI=1S/C13H16F3NO2/c1-8(7-18)3-2-6-17-13(19)9-4-5-10(14)12(16)11(9)15/h4-5,8,18H,2-3,6-7H2,1H3,(H,17,19). The molecule has 0 heterocycles. The molecule has 0 aliphatic heterocycles. The Morgan fingerprint density at radius 2 is 2.00 bits per heavy atom. The van der Waals surface area contributed by atoms with Crippen LogP contribution in [0.1, 0.15) is 30.1 Å². The Morgan fingerprint density at radius 1 is 1.32 bits per heavy atom. The van der Waals surface area contributed by atoms with Crippen LogP contribution < -0.4 is 5.32 Å². The SMILES string of the molecule is CC(CO)CCCNC(=O)c1ccc(F)c(F)c1F. The third-order valence-electron chi connectivity index (χ3n) is 2.75. The zero-order chi connectivity index (χ0) is 14.4. The Hall–Kier alpha value is -1.56. The van der Waals surface area contributed by atoms with Crippen LogP contribution in [0, 0.1) is 23.4 Å². The highest BCUT2D eigenvalue weighted by Gasteiger charge is 2.18. The molecule has 1 amide bonds. The van der Waals surface area contributed by atoms with Crippen molar-refractivity contribution in [3.8, 4) is 0 Å². The lowest BCUT2D eigenvalue weighted by atomic mass is 10.1. The number of carbonyl (C=O) groups excluding carboxylic acids is 1. The molecule has 1 rings (SSSR count). The minimum absolute atomic E-state index is 0.0613. The van der Waals surface area contributed by atoms with Crippen LogP contribution in [0.4, 0.5) is 13.2 Å². The Balaban J connectivity index is 2.53. The van der Waals surface area contributed by atoms with Gasteiger partial charge in [-0.05, 0) is 30.9 Å². The summed E-state index contributed by atoms with van der Waals surface area (Å²) in [5, 5.41) is 11.2. The van der Waals surface area contributed by atoms with Crippen molar-refractivity contribution >= 4 is 5.91 Å². The molecule has 0 saturated heterocycles. The first-order valence-electron chi connectivity index (χ1n) is 6.00. The first kappa shape index (κ1) is 15.5. The van der Waals surface area contributed by atoms with Crippen molar-refractivity contribution in [2.24, 2.45) is 5.92 Å². The Kier molecular flexibility index (Phi) is 5.82. The molecule has 6 heteroatoms. The second-order valence-corrected chi connectivity index (χ2v) is 4.41. The molecular formula is C13H16F3NO2. The van der Waals surface area contributed by atoms with Gasteiger partial charge < -0.3 is 10.4 Å². The summed E-state index contributed by atoms with van der Waals surface area (Å²) in [4.78, 5) is 11.6. The lowest BCUT2D eigenvalue weighted by molar-refractivity contribution is 0.0946. The van der Waals surface area contributed by atoms with Gasteiger partial charge in [0.25, 0.3) is 5.91 Å². The van der Waals surface area contributed by atoms with Gasteiger partial charge in [-0.2, -0.15) is 0 Å². The van der Waals surface area contributed by atoms with Crippen molar-refractivity contribution in [3.63, 3.8) is 0 Å². The van der Waals surface area contributed by atoms with Gasteiger partial charge in [-0.15, -0.1) is 0 Å². The number of hydrogen-bond donors (Lipinski definition) is 2. The molecule has 1 aromatic rings. The summed E-state index contributed by atoms with van der Waals surface area (Å²) >= 11 is 0. The molecule has 0 aliphatic rings. The van der Waals surface area contributed by atoms with Crippen molar-refractivity contribution < 1.29 is 23.1 Å². The maximum absolute atomic E-state index is 13.3. The second-order valence-electron chi connectivity index (χ2n) is 4.41. The van der Waals surface area contributed by atoms with Crippen molar-refractivity contribution in [2.45, 2.75) is 19.8 Å². The number of aliphatic hydroxyl groups excluding tert-OH is 1. The van der Waals surface area contributed by atoms with Crippen LogP contribution in [-0.4, -0.2) is 24.2 Å². The zero-order valence-electron chi connectivity index (χ0n) is 10.5. The van der Waals surface area contributed by atoms with E-state index in [4.69, 9.17) is 5.11 Å². The molecule has 0 aliphatic carbocycles. The third-order valence-corrected chi connectivity index (χ3v) is 2.75. The monoisotopic (exact) mass is 275 g/mol. The normalized spacial score (nSPS) is 12.3. The van der Waals surface area contributed by atoms with Crippen LogP contribution >= 0.6 is 0 Å². The molecule has 0 bridgehead atoms. The second kappa shape index (κ2) is 7.13. The first-order valence-corrected chi connectivity index (χ1v) is 6.00. The van der Waals surface area contributed by atoms with E-state index >= 15 is 0 Å². The minimum atomic E-state index is -1.65. The summed E-state index contributed by atoms with van der Waals surface area (Å²) in [6.45, 7) is 2.20. The largest absolute Gasteiger partial charge is 0.396 e. The van der Waals surface area contributed by atoms with Crippen LogP contribution in [0.15, 0.2) is 12.1 Å². The van der Waals surface area contributed by atoms with E-state index in [0.717, 1.165) is 6.07 Å². The molecule has 106 valence electrons. The quantitative estimate of drug-likeness (QED) is 0.618. The number of amides is 1. The van der Waals surface area contributed by atoms with E-state index in [1.807, 2.05) is 6.92 Å². The lowest BCUT2D eigenvalue weighted by Gasteiger charge is -2.09. The number of hydrogen-bond acceptors (Lipinski definition) is 2. The molecular weight excluding hydrogens is 259 g/mol. The fourth-order valence-corrected chi connectivity index (χ4v) is 1.54. The summed E-state index contributed by atoms with van der Waals surface area (Å²) in [5.74, 6) is -5.13. The fourth-order valence-electron chi connectivity index (χ4n) is 1.54. The summed E-state index contributed by atoms with van der Waals surface area (Å²) in [5.41, 5.74) is -0.519. The van der Waals surface area contributed by atoms with E-state index in [2.05, 4.69) is 5.32 Å². The van der Waals surface area contributed by atoms with Crippen molar-refractivity contribution in [1.29, 1.82) is 0 Å². The molecule has 19 heavy (non-hydrogen) atoms. The fraction of sp³-hybridized carbons (Fsp3) is 0.462. The van der Waals surface area contributed by atoms with E-state index in [1.165, 1.54) is 0 Å². The van der Waals surface area contributed by atoms with Gasteiger partial charge in [-0.25, -0.2) is 13.2 Å². The number of aliphatic hydroxyl groups is 1. The molecule has 1 atom stereocenters. The minimum Gasteiger partial charge on any atom is -0.396 e. The van der Waals surface area contributed by atoms with Gasteiger partial charge in [0.2, 0.25) is 0 Å². The maximum Gasteiger partial charge on any atom is 0.254 e. The van der Waals surface area contributed by atoms with Gasteiger partial charge in [0, 0.05) is 13.2 Å². The summed E-state index contributed by atoms with van der Waals surface area (Å²) in [7, 11) is 0. The van der Waals surface area contributed by atoms with Gasteiger partial charge in [-0.3, -0.25) is 4.79 Å². The average molecular weight is 275 g/mol. The van der Waals surface area contributed by atoms with Gasteiger partial charge >= 0.3 is 0 Å². The predicted octanol–water partition coefficient (Wildman–Crippen LogP) is 2.24. The molecule has 0 spiro atoms. The molecule has 2 N–H and O–H groups in total. The number of rotatable bonds is 6. The van der Waals surface area contributed by atoms with Crippen LogP contribution in [0.3, 0.4) is 0 Å². The molecule has 1 aromatic carbocycles. The van der Waals surface area contributed by atoms with E-state index in [0.29, 0.717) is 18.9 Å². The summed E-state index contributed by atoms with van der Waals surface area (Å²) < 4.78 is 38.9. The Labute approximate surface area is 109 Å². The molecule has 0 radical (unpaired) electrons. The number of nitrogens with one attached hydrogen (secondary N) is 1. The third kappa shape index (κ3) is 4.24. The van der Waals surface area contributed by atoms with E-state index in [-0.39, 0.29) is 19.1 Å². The average Bonchev–Trinajstić information content (AvgIpc) is 2.40. The number of benzene rings is 1. The van der Waals surface area contributed by atoms with Gasteiger partial charge in [0.15, 0.2) is 17.5 Å².